The SMILES string of the molecule is CC1CCCCC(NCN(C)C2CCCCC(C(C)(C)CC(C)(C)SC(C)(C)C)CCC2)CC1. The largest absolute Gasteiger partial charge is 0.302 e. The monoisotopic (exact) mass is 494 g/mol. The highest BCUT2D eigenvalue weighted by molar-refractivity contribution is 8.01. The summed E-state index contributed by atoms with van der Waals surface area (Å²) < 4.78 is 0.668. The Bertz CT molecular complexity index is 564. The summed E-state index contributed by atoms with van der Waals surface area (Å²) in [5.41, 5.74) is 0.421. The summed E-state index contributed by atoms with van der Waals surface area (Å²) in [6.45, 7) is 20.7. The normalized spacial score (nSPS) is 29.1. The van der Waals surface area contributed by atoms with Gasteiger partial charge in [-0.15, -0.1) is 11.8 Å². The molecule has 2 aliphatic carbocycles. The van der Waals surface area contributed by atoms with E-state index in [4.69, 9.17) is 0 Å². The summed E-state index contributed by atoms with van der Waals surface area (Å²) in [4.78, 5) is 2.66. The zero-order valence-electron chi connectivity index (χ0n) is 24.8. The van der Waals surface area contributed by atoms with E-state index in [1.165, 1.54) is 89.9 Å². The van der Waals surface area contributed by atoms with E-state index in [9.17, 15) is 0 Å². The summed E-state index contributed by atoms with van der Waals surface area (Å²) in [6.07, 6.45) is 19.6. The van der Waals surface area contributed by atoms with Crippen LogP contribution in [-0.4, -0.2) is 40.2 Å². The van der Waals surface area contributed by atoms with Crippen molar-refractivity contribution < 1.29 is 0 Å². The number of nitrogens with one attached hydrogen (secondary N) is 1. The van der Waals surface area contributed by atoms with Crippen molar-refractivity contribution in [1.29, 1.82) is 0 Å². The van der Waals surface area contributed by atoms with Gasteiger partial charge < -0.3 is 5.32 Å². The second-order valence-electron chi connectivity index (χ2n) is 14.5. The lowest BCUT2D eigenvalue weighted by Gasteiger charge is -2.42. The van der Waals surface area contributed by atoms with Crippen molar-refractivity contribution in [2.24, 2.45) is 17.3 Å². The smallest absolute Gasteiger partial charge is 0.0482 e. The molecular formula is C31H62N2S. The number of hydrogen-bond acceptors (Lipinski definition) is 3. The van der Waals surface area contributed by atoms with Crippen molar-refractivity contribution in [1.82, 2.24) is 10.2 Å². The van der Waals surface area contributed by atoms with Crippen LogP contribution >= 0.6 is 11.8 Å². The molecule has 0 aromatic rings. The molecule has 4 atom stereocenters. The minimum absolute atomic E-state index is 0.331. The molecule has 2 fully saturated rings. The Morgan fingerprint density at radius 3 is 2.03 bits per heavy atom. The second-order valence-corrected chi connectivity index (χ2v) is 17.0. The third-order valence-electron chi connectivity index (χ3n) is 8.76. The maximum Gasteiger partial charge on any atom is 0.0482 e. The molecule has 0 heterocycles. The van der Waals surface area contributed by atoms with Crippen LogP contribution < -0.4 is 5.32 Å². The van der Waals surface area contributed by atoms with E-state index in [1.807, 2.05) is 0 Å². The molecule has 0 amide bonds. The molecule has 0 radical (unpaired) electrons. The zero-order chi connectivity index (χ0) is 25.4. The van der Waals surface area contributed by atoms with Crippen LogP contribution in [0.3, 0.4) is 0 Å². The quantitative estimate of drug-likeness (QED) is 0.338. The summed E-state index contributed by atoms with van der Waals surface area (Å²) in [5, 5.41) is 3.96. The van der Waals surface area contributed by atoms with Crippen LogP contribution in [0.1, 0.15) is 145 Å². The van der Waals surface area contributed by atoms with Crippen molar-refractivity contribution >= 4 is 11.8 Å². The third kappa shape index (κ3) is 11.5. The standard InChI is InChI=1S/C31H62N2S/c1-25-15-10-12-18-27(22-21-25)32-24-33(9)28-19-13-11-16-26(17-14-20-28)30(5,6)23-31(7,8)34-29(2,3)4/h25-28,32H,10-24H2,1-9H3. The average molecular weight is 495 g/mol. The number of hydrogen-bond donors (Lipinski definition) is 1. The predicted octanol–water partition coefficient (Wildman–Crippen LogP) is 9.28. The lowest BCUT2D eigenvalue weighted by Crippen LogP contribution is -2.43. The summed E-state index contributed by atoms with van der Waals surface area (Å²) >= 11 is 2.17. The van der Waals surface area contributed by atoms with Crippen LogP contribution in [0, 0.1) is 17.3 Å². The molecule has 4 unspecified atom stereocenters. The maximum absolute atomic E-state index is 3.96. The van der Waals surface area contributed by atoms with Gasteiger partial charge in [-0.2, -0.15) is 0 Å². The first-order valence-corrected chi connectivity index (χ1v) is 15.7. The fraction of sp³-hybridized carbons (Fsp3) is 1.00. The molecule has 2 nitrogen and oxygen atoms in total. The number of nitrogens with zero attached hydrogens (tertiary/aromatic N) is 1. The minimum Gasteiger partial charge on any atom is -0.302 e. The highest BCUT2D eigenvalue weighted by Crippen LogP contribution is 2.48. The Labute approximate surface area is 219 Å². The zero-order valence-corrected chi connectivity index (χ0v) is 25.6. The van der Waals surface area contributed by atoms with Crippen LogP contribution in [0.2, 0.25) is 0 Å². The molecule has 202 valence electrons. The van der Waals surface area contributed by atoms with Gasteiger partial charge in [-0.25, -0.2) is 0 Å². The minimum atomic E-state index is 0.331. The molecule has 0 saturated heterocycles. The first kappa shape index (κ1) is 30.5. The Morgan fingerprint density at radius 2 is 1.32 bits per heavy atom. The summed E-state index contributed by atoms with van der Waals surface area (Å²) in [6, 6.07) is 1.50. The van der Waals surface area contributed by atoms with E-state index in [2.05, 4.69) is 84.4 Å². The van der Waals surface area contributed by atoms with Crippen LogP contribution in [0.4, 0.5) is 0 Å². The fourth-order valence-corrected chi connectivity index (χ4v) is 9.35. The van der Waals surface area contributed by atoms with E-state index in [0.717, 1.165) is 30.6 Å². The third-order valence-corrected chi connectivity index (χ3v) is 10.1. The average Bonchev–Trinajstić information content (AvgIpc) is 2.80. The summed E-state index contributed by atoms with van der Waals surface area (Å²) in [7, 11) is 2.38. The van der Waals surface area contributed by atoms with Gasteiger partial charge in [0.15, 0.2) is 0 Å². The molecule has 3 heteroatoms. The molecule has 2 aliphatic rings. The van der Waals surface area contributed by atoms with Gasteiger partial charge in [0.25, 0.3) is 0 Å². The Balaban J connectivity index is 1.84. The van der Waals surface area contributed by atoms with Crippen molar-refractivity contribution in [3.05, 3.63) is 0 Å². The van der Waals surface area contributed by atoms with Crippen molar-refractivity contribution in [3.8, 4) is 0 Å². The second kappa shape index (κ2) is 13.7. The molecule has 0 aromatic carbocycles. The van der Waals surface area contributed by atoms with Crippen LogP contribution in [-0.2, 0) is 0 Å². The molecular weight excluding hydrogens is 432 g/mol. The van der Waals surface area contributed by atoms with E-state index in [-0.39, 0.29) is 0 Å². The molecule has 0 bridgehead atoms. The van der Waals surface area contributed by atoms with Gasteiger partial charge in [-0.3, -0.25) is 4.90 Å². The van der Waals surface area contributed by atoms with Crippen LogP contribution in [0.5, 0.6) is 0 Å². The van der Waals surface area contributed by atoms with Crippen molar-refractivity contribution in [2.75, 3.05) is 13.7 Å². The lowest BCUT2D eigenvalue weighted by molar-refractivity contribution is 0.150. The summed E-state index contributed by atoms with van der Waals surface area (Å²) in [5.74, 6) is 1.79. The van der Waals surface area contributed by atoms with Gasteiger partial charge in [-0.05, 0) is 75.7 Å². The molecule has 0 aliphatic heterocycles. The van der Waals surface area contributed by atoms with E-state index in [0.29, 0.717) is 14.9 Å². The molecule has 34 heavy (non-hydrogen) atoms. The van der Waals surface area contributed by atoms with Gasteiger partial charge in [-0.1, -0.05) is 93.9 Å². The molecule has 2 saturated carbocycles. The van der Waals surface area contributed by atoms with Gasteiger partial charge in [0.05, 0.1) is 0 Å². The van der Waals surface area contributed by atoms with Crippen molar-refractivity contribution in [3.63, 3.8) is 0 Å². The first-order chi connectivity index (χ1) is 15.8. The topological polar surface area (TPSA) is 15.3 Å². The molecule has 1 N–H and O–H groups in total. The highest BCUT2D eigenvalue weighted by Gasteiger charge is 2.37. The van der Waals surface area contributed by atoms with Gasteiger partial charge in [0.2, 0.25) is 0 Å². The fourth-order valence-electron chi connectivity index (χ4n) is 7.25. The van der Waals surface area contributed by atoms with Crippen LogP contribution in [0.15, 0.2) is 0 Å². The van der Waals surface area contributed by atoms with E-state index in [1.54, 1.807) is 0 Å². The first-order valence-electron chi connectivity index (χ1n) is 14.9. The number of rotatable bonds is 8. The Hall–Kier alpha value is 0.270. The van der Waals surface area contributed by atoms with Gasteiger partial charge >= 0.3 is 0 Å². The highest BCUT2D eigenvalue weighted by atomic mass is 32.2. The maximum atomic E-state index is 3.96. The van der Waals surface area contributed by atoms with E-state index < -0.39 is 0 Å². The Kier molecular flexibility index (Phi) is 12.3. The van der Waals surface area contributed by atoms with Crippen LogP contribution in [0.25, 0.3) is 0 Å². The lowest BCUT2D eigenvalue weighted by atomic mass is 9.69. The number of thioether (sulfide) groups is 1. The molecule has 0 spiro atoms. The Morgan fingerprint density at radius 1 is 0.735 bits per heavy atom. The molecule has 0 aromatic heterocycles. The van der Waals surface area contributed by atoms with Crippen molar-refractivity contribution in [2.45, 2.75) is 167 Å². The predicted molar refractivity (Wildman–Crippen MR) is 156 cm³/mol. The molecule has 2 rings (SSSR count). The van der Waals surface area contributed by atoms with Gasteiger partial charge in [0.1, 0.15) is 0 Å². The van der Waals surface area contributed by atoms with Gasteiger partial charge in [0, 0.05) is 28.2 Å². The van der Waals surface area contributed by atoms with E-state index >= 15 is 0 Å².